The maximum atomic E-state index is 11.4. The third-order valence-corrected chi connectivity index (χ3v) is 3.48. The van der Waals surface area contributed by atoms with Gasteiger partial charge in [-0.2, -0.15) is 0 Å². The molecule has 2 amide bonds. The first-order chi connectivity index (χ1) is 9.10. The molecule has 0 saturated carbocycles. The third kappa shape index (κ3) is 3.32. The van der Waals surface area contributed by atoms with Crippen molar-refractivity contribution in [2.75, 3.05) is 11.9 Å². The molecule has 0 unspecified atom stereocenters. The van der Waals surface area contributed by atoms with Crippen molar-refractivity contribution in [2.45, 2.75) is 20.8 Å². The number of thiazole rings is 1. The first-order valence-electron chi connectivity index (χ1n) is 6.18. The van der Waals surface area contributed by atoms with E-state index in [1.165, 1.54) is 22.5 Å². The smallest absolute Gasteiger partial charge is 0.321 e. The summed E-state index contributed by atoms with van der Waals surface area (Å²) in [6.07, 6.45) is 0. The van der Waals surface area contributed by atoms with Crippen LogP contribution < -0.4 is 10.6 Å². The van der Waals surface area contributed by atoms with Crippen LogP contribution >= 0.6 is 11.3 Å². The van der Waals surface area contributed by atoms with Crippen LogP contribution in [-0.2, 0) is 0 Å². The lowest BCUT2D eigenvalue weighted by Crippen LogP contribution is -2.28. The number of carbonyl (C=O) groups is 1. The molecule has 19 heavy (non-hydrogen) atoms. The van der Waals surface area contributed by atoms with Crippen LogP contribution in [0, 0.1) is 13.8 Å². The largest absolute Gasteiger partial charge is 0.338 e. The van der Waals surface area contributed by atoms with Gasteiger partial charge in [0.2, 0.25) is 0 Å². The highest BCUT2D eigenvalue weighted by molar-refractivity contribution is 7.14. The van der Waals surface area contributed by atoms with Crippen LogP contribution in [0.1, 0.15) is 18.1 Å². The van der Waals surface area contributed by atoms with E-state index in [0.717, 1.165) is 11.3 Å². The zero-order valence-electron chi connectivity index (χ0n) is 11.3. The van der Waals surface area contributed by atoms with Crippen molar-refractivity contribution in [2.24, 2.45) is 0 Å². The number of nitrogens with one attached hydrogen (secondary N) is 2. The number of aryl methyl sites for hydroxylation is 2. The van der Waals surface area contributed by atoms with E-state index in [-0.39, 0.29) is 6.03 Å². The predicted octanol–water partition coefficient (Wildman–Crippen LogP) is 3.57. The molecule has 2 rings (SSSR count). The molecular weight excluding hydrogens is 258 g/mol. The second-order valence-corrected chi connectivity index (χ2v) is 5.20. The van der Waals surface area contributed by atoms with E-state index < -0.39 is 0 Å². The first-order valence-corrected chi connectivity index (χ1v) is 7.06. The molecule has 0 bridgehead atoms. The van der Waals surface area contributed by atoms with Crippen LogP contribution in [-0.4, -0.2) is 17.6 Å². The Morgan fingerprint density at radius 3 is 2.84 bits per heavy atom. The van der Waals surface area contributed by atoms with Gasteiger partial charge in [-0.1, -0.05) is 23.8 Å². The molecule has 2 N–H and O–H groups in total. The van der Waals surface area contributed by atoms with Gasteiger partial charge in [0.1, 0.15) is 0 Å². The van der Waals surface area contributed by atoms with Gasteiger partial charge < -0.3 is 5.32 Å². The monoisotopic (exact) mass is 275 g/mol. The molecule has 1 aromatic heterocycles. The lowest BCUT2D eigenvalue weighted by Gasteiger charge is -2.04. The molecule has 1 aromatic carbocycles. The Morgan fingerprint density at radius 1 is 1.37 bits per heavy atom. The summed E-state index contributed by atoms with van der Waals surface area (Å²) in [7, 11) is 0. The van der Waals surface area contributed by atoms with Crippen molar-refractivity contribution >= 4 is 22.5 Å². The van der Waals surface area contributed by atoms with Crippen molar-refractivity contribution in [3.05, 3.63) is 34.7 Å². The van der Waals surface area contributed by atoms with Gasteiger partial charge in [-0.15, -0.1) is 11.3 Å². The fourth-order valence-electron chi connectivity index (χ4n) is 1.86. The summed E-state index contributed by atoms with van der Waals surface area (Å²) in [5, 5.41) is 7.97. The Labute approximate surface area is 116 Å². The molecule has 0 aliphatic heterocycles. The summed E-state index contributed by atoms with van der Waals surface area (Å²) in [6, 6.07) is 6.05. The molecule has 1 heterocycles. The third-order valence-electron chi connectivity index (χ3n) is 2.72. The number of aromatic nitrogens is 1. The molecule has 0 aliphatic rings. The van der Waals surface area contributed by atoms with Crippen LogP contribution in [0.4, 0.5) is 9.93 Å². The van der Waals surface area contributed by atoms with E-state index in [9.17, 15) is 4.79 Å². The second-order valence-electron chi connectivity index (χ2n) is 4.34. The van der Waals surface area contributed by atoms with Gasteiger partial charge in [0.25, 0.3) is 0 Å². The summed E-state index contributed by atoms with van der Waals surface area (Å²) in [4.78, 5) is 15.9. The number of urea groups is 1. The molecule has 2 aromatic rings. The maximum Gasteiger partial charge on any atom is 0.321 e. The Morgan fingerprint density at radius 2 is 2.16 bits per heavy atom. The summed E-state index contributed by atoms with van der Waals surface area (Å²) in [5.41, 5.74) is 4.42. The lowest BCUT2D eigenvalue weighted by molar-refractivity contribution is 0.252. The molecule has 100 valence electrons. The highest BCUT2D eigenvalue weighted by atomic mass is 32.1. The lowest BCUT2D eigenvalue weighted by atomic mass is 10.0. The Kier molecular flexibility index (Phi) is 4.16. The molecule has 0 radical (unpaired) electrons. The molecule has 0 atom stereocenters. The molecule has 4 nitrogen and oxygen atoms in total. The number of benzene rings is 1. The number of amides is 2. The van der Waals surface area contributed by atoms with Crippen molar-refractivity contribution in [1.29, 1.82) is 0 Å². The van der Waals surface area contributed by atoms with Gasteiger partial charge in [0.05, 0.1) is 5.69 Å². The minimum atomic E-state index is -0.218. The number of rotatable bonds is 3. The topological polar surface area (TPSA) is 54.0 Å². The minimum absolute atomic E-state index is 0.218. The fraction of sp³-hybridized carbons (Fsp3) is 0.286. The van der Waals surface area contributed by atoms with E-state index in [0.29, 0.717) is 11.7 Å². The summed E-state index contributed by atoms with van der Waals surface area (Å²) in [5.74, 6) is 0. The van der Waals surface area contributed by atoms with Crippen molar-refractivity contribution in [3.63, 3.8) is 0 Å². The van der Waals surface area contributed by atoms with Crippen LogP contribution in [0.5, 0.6) is 0 Å². The SMILES string of the molecule is CCNC(=O)Nc1nc(-c2ccc(C)cc2C)cs1. The predicted molar refractivity (Wildman–Crippen MR) is 79.7 cm³/mol. The fourth-order valence-corrected chi connectivity index (χ4v) is 2.56. The molecular formula is C14H17N3OS. The summed E-state index contributed by atoms with van der Waals surface area (Å²) in [6.45, 7) is 6.61. The van der Waals surface area contributed by atoms with Crippen molar-refractivity contribution < 1.29 is 4.79 Å². The highest BCUT2D eigenvalue weighted by Gasteiger charge is 2.09. The van der Waals surface area contributed by atoms with Crippen molar-refractivity contribution in [1.82, 2.24) is 10.3 Å². The van der Waals surface area contributed by atoms with E-state index >= 15 is 0 Å². The van der Waals surface area contributed by atoms with E-state index in [2.05, 4.69) is 47.7 Å². The van der Waals surface area contributed by atoms with Gasteiger partial charge in [0.15, 0.2) is 5.13 Å². The first kappa shape index (κ1) is 13.5. The van der Waals surface area contributed by atoms with Gasteiger partial charge in [-0.05, 0) is 26.3 Å². The molecule has 0 spiro atoms. The van der Waals surface area contributed by atoms with Crippen LogP contribution in [0.3, 0.4) is 0 Å². The Bertz CT molecular complexity index is 592. The Hall–Kier alpha value is -1.88. The molecule has 0 fully saturated rings. The number of anilines is 1. The highest BCUT2D eigenvalue weighted by Crippen LogP contribution is 2.27. The van der Waals surface area contributed by atoms with Crippen LogP contribution in [0.25, 0.3) is 11.3 Å². The average Bonchev–Trinajstić information content (AvgIpc) is 2.77. The van der Waals surface area contributed by atoms with E-state index in [4.69, 9.17) is 0 Å². The van der Waals surface area contributed by atoms with E-state index in [1.807, 2.05) is 12.3 Å². The van der Waals surface area contributed by atoms with Gasteiger partial charge in [0, 0.05) is 17.5 Å². The summed E-state index contributed by atoms with van der Waals surface area (Å²) < 4.78 is 0. The van der Waals surface area contributed by atoms with Crippen LogP contribution in [0.15, 0.2) is 23.6 Å². The van der Waals surface area contributed by atoms with E-state index in [1.54, 1.807) is 0 Å². The van der Waals surface area contributed by atoms with Gasteiger partial charge in [-0.3, -0.25) is 5.32 Å². The number of hydrogen-bond acceptors (Lipinski definition) is 3. The maximum absolute atomic E-state index is 11.4. The standard InChI is InChI=1S/C14H17N3OS/c1-4-15-13(18)17-14-16-12(8-19-14)11-6-5-9(2)7-10(11)3/h5-8H,4H2,1-3H3,(H2,15,16,17,18). The average molecular weight is 275 g/mol. The van der Waals surface area contributed by atoms with Gasteiger partial charge >= 0.3 is 6.03 Å². The number of carbonyl (C=O) groups excluding carboxylic acids is 1. The molecule has 0 saturated heterocycles. The zero-order valence-corrected chi connectivity index (χ0v) is 12.1. The molecule has 0 aliphatic carbocycles. The zero-order chi connectivity index (χ0) is 13.8. The van der Waals surface area contributed by atoms with Crippen molar-refractivity contribution in [3.8, 4) is 11.3 Å². The second kappa shape index (κ2) is 5.84. The summed E-state index contributed by atoms with van der Waals surface area (Å²) >= 11 is 1.43. The van der Waals surface area contributed by atoms with Gasteiger partial charge in [-0.25, -0.2) is 9.78 Å². The quantitative estimate of drug-likeness (QED) is 0.899. The number of hydrogen-bond donors (Lipinski definition) is 2. The normalized spacial score (nSPS) is 10.3. The Balaban J connectivity index is 2.18. The minimum Gasteiger partial charge on any atom is -0.338 e. The number of nitrogens with zero attached hydrogens (tertiary/aromatic N) is 1. The molecule has 5 heteroatoms. The van der Waals surface area contributed by atoms with Crippen LogP contribution in [0.2, 0.25) is 0 Å².